The van der Waals surface area contributed by atoms with Gasteiger partial charge in [0.1, 0.15) is 0 Å². The number of halogens is 1. The molecule has 3 heteroatoms. The van der Waals surface area contributed by atoms with Gasteiger partial charge < -0.3 is 11.1 Å². The zero-order chi connectivity index (χ0) is 10.7. The van der Waals surface area contributed by atoms with Crippen molar-refractivity contribution in [3.05, 3.63) is 53.0 Å². The van der Waals surface area contributed by atoms with Gasteiger partial charge in [-0.15, -0.1) is 0 Å². The maximum absolute atomic E-state index is 5.66. The lowest BCUT2D eigenvalue weighted by Gasteiger charge is -2.08. The number of anilines is 3. The number of hydrogen-bond donors (Lipinski definition) is 2. The van der Waals surface area contributed by atoms with E-state index < -0.39 is 0 Å². The molecule has 2 rings (SSSR count). The number of hydrogen-bond acceptors (Lipinski definition) is 2. The molecule has 0 saturated carbocycles. The Morgan fingerprint density at radius 2 is 1.73 bits per heavy atom. The van der Waals surface area contributed by atoms with Gasteiger partial charge in [-0.05, 0) is 46.3 Å². The minimum atomic E-state index is 0.750. The Morgan fingerprint density at radius 3 is 2.40 bits per heavy atom. The van der Waals surface area contributed by atoms with Crippen LogP contribution in [0.25, 0.3) is 0 Å². The Hall–Kier alpha value is -1.48. The van der Waals surface area contributed by atoms with E-state index in [4.69, 9.17) is 5.73 Å². The number of nitrogen functional groups attached to an aromatic ring is 1. The van der Waals surface area contributed by atoms with Gasteiger partial charge in [0.05, 0.1) is 5.69 Å². The Bertz CT molecular complexity index is 454. The van der Waals surface area contributed by atoms with Crippen LogP contribution in [0.4, 0.5) is 17.1 Å². The zero-order valence-corrected chi connectivity index (χ0v) is 9.66. The Morgan fingerprint density at radius 1 is 1.00 bits per heavy atom. The molecular formula is C12H11BrN2. The first-order chi connectivity index (χ1) is 7.25. The highest BCUT2D eigenvalue weighted by molar-refractivity contribution is 9.10. The quantitative estimate of drug-likeness (QED) is 0.809. The second-order valence-corrected chi connectivity index (χ2v) is 4.08. The van der Waals surface area contributed by atoms with Crippen molar-refractivity contribution in [2.24, 2.45) is 0 Å². The van der Waals surface area contributed by atoms with E-state index >= 15 is 0 Å². The molecule has 0 aromatic heterocycles. The fourth-order valence-corrected chi connectivity index (χ4v) is 1.81. The lowest BCUT2D eigenvalue weighted by atomic mass is 10.2. The van der Waals surface area contributed by atoms with Gasteiger partial charge in [-0.1, -0.05) is 18.2 Å². The molecule has 2 aromatic carbocycles. The van der Waals surface area contributed by atoms with Crippen molar-refractivity contribution in [1.29, 1.82) is 0 Å². The number of rotatable bonds is 2. The molecule has 76 valence electrons. The second-order valence-electron chi connectivity index (χ2n) is 3.23. The number of benzene rings is 2. The average molecular weight is 263 g/mol. The van der Waals surface area contributed by atoms with Crippen LogP contribution in [0.15, 0.2) is 53.0 Å². The summed E-state index contributed by atoms with van der Waals surface area (Å²) in [5.41, 5.74) is 8.48. The van der Waals surface area contributed by atoms with Crippen molar-refractivity contribution >= 4 is 33.0 Å². The highest BCUT2D eigenvalue weighted by Gasteiger charge is 1.99. The van der Waals surface area contributed by atoms with E-state index in [9.17, 15) is 0 Å². The highest BCUT2D eigenvalue weighted by atomic mass is 79.9. The first-order valence-electron chi connectivity index (χ1n) is 4.63. The van der Waals surface area contributed by atoms with Crippen LogP contribution in [0.1, 0.15) is 0 Å². The summed E-state index contributed by atoms with van der Waals surface area (Å²) in [5, 5.41) is 3.30. The molecule has 0 fully saturated rings. The molecule has 15 heavy (non-hydrogen) atoms. The summed E-state index contributed by atoms with van der Waals surface area (Å²) < 4.78 is 0.964. The zero-order valence-electron chi connectivity index (χ0n) is 8.07. The molecule has 0 amide bonds. The summed E-state index contributed by atoms with van der Waals surface area (Å²) in [6, 6.07) is 15.7. The highest BCUT2D eigenvalue weighted by Crippen LogP contribution is 2.27. The summed E-state index contributed by atoms with van der Waals surface area (Å²) in [5.74, 6) is 0. The van der Waals surface area contributed by atoms with E-state index in [0.29, 0.717) is 0 Å². The maximum Gasteiger partial charge on any atom is 0.0530 e. The van der Waals surface area contributed by atoms with Crippen LogP contribution >= 0.6 is 15.9 Å². The fraction of sp³-hybridized carbons (Fsp3) is 0. The molecule has 0 aliphatic heterocycles. The van der Waals surface area contributed by atoms with Gasteiger partial charge in [0, 0.05) is 15.8 Å². The second kappa shape index (κ2) is 4.36. The van der Waals surface area contributed by atoms with Gasteiger partial charge >= 0.3 is 0 Å². The summed E-state index contributed by atoms with van der Waals surface area (Å²) in [7, 11) is 0. The van der Waals surface area contributed by atoms with Gasteiger partial charge in [0.25, 0.3) is 0 Å². The minimum Gasteiger partial charge on any atom is -0.399 e. The molecule has 0 heterocycles. The lowest BCUT2D eigenvalue weighted by molar-refractivity contribution is 1.52. The van der Waals surface area contributed by atoms with Gasteiger partial charge in [0.15, 0.2) is 0 Å². The van der Waals surface area contributed by atoms with Crippen molar-refractivity contribution < 1.29 is 0 Å². The van der Waals surface area contributed by atoms with E-state index in [1.165, 1.54) is 0 Å². The predicted octanol–water partition coefficient (Wildman–Crippen LogP) is 3.77. The molecular weight excluding hydrogens is 252 g/mol. The molecule has 0 bridgehead atoms. The van der Waals surface area contributed by atoms with Crippen LogP contribution in [0.5, 0.6) is 0 Å². The Balaban J connectivity index is 2.25. The Kier molecular flexibility index (Phi) is 2.92. The van der Waals surface area contributed by atoms with Gasteiger partial charge in [-0.2, -0.15) is 0 Å². The average Bonchev–Trinajstić information content (AvgIpc) is 2.24. The van der Waals surface area contributed by atoms with Crippen molar-refractivity contribution in [2.45, 2.75) is 0 Å². The largest absolute Gasteiger partial charge is 0.399 e. The fourth-order valence-electron chi connectivity index (χ4n) is 1.31. The topological polar surface area (TPSA) is 38.0 Å². The third-order valence-corrected chi connectivity index (χ3v) is 2.70. The summed E-state index contributed by atoms with van der Waals surface area (Å²) in [6.07, 6.45) is 0. The third kappa shape index (κ3) is 2.50. The number of nitrogens with one attached hydrogen (secondary N) is 1. The number of nitrogens with two attached hydrogens (primary N) is 1. The molecule has 2 aromatic rings. The van der Waals surface area contributed by atoms with Gasteiger partial charge in [0.2, 0.25) is 0 Å². The van der Waals surface area contributed by atoms with Crippen LogP contribution in [-0.2, 0) is 0 Å². The predicted molar refractivity (Wildman–Crippen MR) is 68.3 cm³/mol. The normalized spacial score (nSPS) is 9.93. The minimum absolute atomic E-state index is 0.750. The van der Waals surface area contributed by atoms with Crippen molar-refractivity contribution in [3.8, 4) is 0 Å². The van der Waals surface area contributed by atoms with Crippen molar-refractivity contribution in [2.75, 3.05) is 11.1 Å². The molecule has 0 spiro atoms. The van der Waals surface area contributed by atoms with Crippen LogP contribution in [-0.4, -0.2) is 0 Å². The third-order valence-electron chi connectivity index (χ3n) is 2.05. The van der Waals surface area contributed by atoms with Crippen LogP contribution < -0.4 is 11.1 Å². The molecule has 0 aliphatic rings. The van der Waals surface area contributed by atoms with Gasteiger partial charge in [-0.25, -0.2) is 0 Å². The SMILES string of the molecule is Nc1ccc(Nc2ccccc2)c(Br)c1. The smallest absolute Gasteiger partial charge is 0.0530 e. The van der Waals surface area contributed by atoms with E-state index in [1.54, 1.807) is 0 Å². The van der Waals surface area contributed by atoms with Gasteiger partial charge in [-0.3, -0.25) is 0 Å². The number of para-hydroxylation sites is 1. The summed E-state index contributed by atoms with van der Waals surface area (Å²) >= 11 is 3.46. The summed E-state index contributed by atoms with van der Waals surface area (Å²) in [4.78, 5) is 0. The molecule has 0 aliphatic carbocycles. The first kappa shape index (κ1) is 10.1. The van der Waals surface area contributed by atoms with Crippen LogP contribution in [0.3, 0.4) is 0 Å². The maximum atomic E-state index is 5.66. The molecule has 2 nitrogen and oxygen atoms in total. The van der Waals surface area contributed by atoms with E-state index in [1.807, 2.05) is 48.5 Å². The van der Waals surface area contributed by atoms with Crippen LogP contribution in [0.2, 0.25) is 0 Å². The van der Waals surface area contributed by atoms with Crippen molar-refractivity contribution in [3.63, 3.8) is 0 Å². The summed E-state index contributed by atoms with van der Waals surface area (Å²) in [6.45, 7) is 0. The molecule has 0 saturated heterocycles. The van der Waals surface area contributed by atoms with Crippen molar-refractivity contribution in [1.82, 2.24) is 0 Å². The standard InChI is InChI=1S/C12H11BrN2/c13-11-8-9(14)6-7-12(11)15-10-4-2-1-3-5-10/h1-8,15H,14H2. The molecule has 0 radical (unpaired) electrons. The van der Waals surface area contributed by atoms with Crippen LogP contribution in [0, 0.1) is 0 Å². The monoisotopic (exact) mass is 262 g/mol. The Labute approximate surface area is 97.2 Å². The molecule has 0 atom stereocenters. The van der Waals surface area contributed by atoms with E-state index in [0.717, 1.165) is 21.5 Å². The molecule has 3 N–H and O–H groups in total. The van der Waals surface area contributed by atoms with E-state index in [-0.39, 0.29) is 0 Å². The lowest BCUT2D eigenvalue weighted by Crippen LogP contribution is -1.92. The first-order valence-corrected chi connectivity index (χ1v) is 5.42. The molecule has 0 unspecified atom stereocenters. The van der Waals surface area contributed by atoms with E-state index in [2.05, 4.69) is 21.2 Å².